The van der Waals surface area contributed by atoms with Gasteiger partial charge < -0.3 is 26.8 Å². The quantitative estimate of drug-likeness (QED) is 0.368. The van der Waals surface area contributed by atoms with Crippen LogP contribution in [-0.4, -0.2) is 45.9 Å². The number of aromatic hydroxyl groups is 1. The van der Waals surface area contributed by atoms with Crippen molar-refractivity contribution in [3.05, 3.63) is 65.7 Å². The van der Waals surface area contributed by atoms with Crippen LogP contribution in [0.4, 0.5) is 0 Å². The Bertz CT molecular complexity index is 978. The van der Waals surface area contributed by atoms with Crippen molar-refractivity contribution in [3.8, 4) is 5.75 Å². The van der Waals surface area contributed by atoms with E-state index < -0.39 is 35.8 Å². The second-order valence-electron chi connectivity index (χ2n) is 9.39. The molecule has 0 saturated carbocycles. The molecule has 3 amide bonds. The lowest BCUT2D eigenvalue weighted by molar-refractivity contribution is -0.145. The summed E-state index contributed by atoms with van der Waals surface area (Å²) in [6.45, 7) is 7.63. The molecule has 8 nitrogen and oxygen atoms in total. The van der Waals surface area contributed by atoms with Crippen molar-refractivity contribution in [1.82, 2.24) is 10.2 Å². The number of benzene rings is 2. The topological polar surface area (TPSA) is 139 Å². The van der Waals surface area contributed by atoms with E-state index in [1.54, 1.807) is 12.1 Å². The normalized spacial score (nSPS) is 14.6. The summed E-state index contributed by atoms with van der Waals surface area (Å²) in [5, 5.41) is 12.4. The van der Waals surface area contributed by atoms with Crippen LogP contribution in [0.25, 0.3) is 0 Å². The number of amides is 3. The molecule has 6 N–H and O–H groups in total. The van der Waals surface area contributed by atoms with Crippen LogP contribution in [0.3, 0.4) is 0 Å². The Balaban J connectivity index is 2.48. The largest absolute Gasteiger partial charge is 0.508 e. The molecule has 0 bridgehead atoms. The zero-order chi connectivity index (χ0) is 26.1. The van der Waals surface area contributed by atoms with Crippen LogP contribution in [0, 0.1) is 11.8 Å². The van der Waals surface area contributed by atoms with Crippen LogP contribution in [0.2, 0.25) is 0 Å². The van der Waals surface area contributed by atoms with Gasteiger partial charge in [0.1, 0.15) is 17.8 Å². The zero-order valence-electron chi connectivity index (χ0n) is 21.0. The highest BCUT2D eigenvalue weighted by Crippen LogP contribution is 2.21. The van der Waals surface area contributed by atoms with E-state index in [4.69, 9.17) is 11.5 Å². The van der Waals surface area contributed by atoms with Gasteiger partial charge in [-0.25, -0.2) is 0 Å². The van der Waals surface area contributed by atoms with Crippen molar-refractivity contribution >= 4 is 17.7 Å². The van der Waals surface area contributed by atoms with E-state index >= 15 is 0 Å². The monoisotopic (exact) mass is 482 g/mol. The number of nitrogens with two attached hydrogens (primary N) is 2. The third-order valence-corrected chi connectivity index (χ3v) is 6.30. The molecule has 190 valence electrons. The minimum Gasteiger partial charge on any atom is -0.508 e. The average Bonchev–Trinajstić information content (AvgIpc) is 2.83. The Morgan fingerprint density at radius 1 is 0.971 bits per heavy atom. The molecular weight excluding hydrogens is 444 g/mol. The average molecular weight is 483 g/mol. The first kappa shape index (κ1) is 27.9. The van der Waals surface area contributed by atoms with Crippen molar-refractivity contribution in [3.63, 3.8) is 0 Å². The van der Waals surface area contributed by atoms with Gasteiger partial charge in [-0.2, -0.15) is 0 Å². The molecule has 2 rings (SSSR count). The number of nitrogens with one attached hydrogen (secondary N) is 1. The van der Waals surface area contributed by atoms with Gasteiger partial charge in [0.25, 0.3) is 0 Å². The predicted octanol–water partition coefficient (Wildman–Crippen LogP) is 2.33. The Hall–Kier alpha value is -3.39. The summed E-state index contributed by atoms with van der Waals surface area (Å²) in [5.74, 6) is -1.69. The fourth-order valence-corrected chi connectivity index (χ4v) is 3.90. The zero-order valence-corrected chi connectivity index (χ0v) is 21.0. The van der Waals surface area contributed by atoms with E-state index in [1.165, 1.54) is 17.0 Å². The van der Waals surface area contributed by atoms with E-state index in [0.29, 0.717) is 6.42 Å². The van der Waals surface area contributed by atoms with Crippen molar-refractivity contribution < 1.29 is 19.5 Å². The van der Waals surface area contributed by atoms with Gasteiger partial charge in [-0.15, -0.1) is 0 Å². The SMILES string of the molecule is CC[C@H](C)[C@@H](C(N)=O)N(Cc1ccccc1)C(=O)[C@H](Cc1ccc(O)cc1)NC(=O)[C@@H](N)C(C)C. The van der Waals surface area contributed by atoms with Crippen LogP contribution in [0.5, 0.6) is 5.75 Å². The summed E-state index contributed by atoms with van der Waals surface area (Å²) < 4.78 is 0. The van der Waals surface area contributed by atoms with E-state index in [1.807, 2.05) is 58.0 Å². The number of carbonyl (C=O) groups excluding carboxylic acids is 3. The van der Waals surface area contributed by atoms with Crippen LogP contribution in [0.15, 0.2) is 54.6 Å². The van der Waals surface area contributed by atoms with Crippen LogP contribution >= 0.6 is 0 Å². The van der Waals surface area contributed by atoms with Gasteiger partial charge in [-0.1, -0.05) is 76.6 Å². The molecule has 4 atom stereocenters. The standard InChI is InChI=1S/C27H38N4O4/c1-5-18(4)24(25(29)33)31(16-20-9-7-6-8-10-20)27(35)22(30-26(34)23(28)17(2)3)15-19-11-13-21(32)14-12-19/h6-14,17-18,22-24,32H,5,15-16,28H2,1-4H3,(H2,29,33)(H,30,34)/t18-,22-,23-,24-/m0/s1. The van der Waals surface area contributed by atoms with Crippen LogP contribution in [0.1, 0.15) is 45.2 Å². The lowest BCUT2D eigenvalue weighted by Crippen LogP contribution is -2.59. The van der Waals surface area contributed by atoms with Gasteiger partial charge in [-0.05, 0) is 35.1 Å². The Labute approximate surface area is 207 Å². The van der Waals surface area contributed by atoms with Gasteiger partial charge >= 0.3 is 0 Å². The molecule has 0 spiro atoms. The van der Waals surface area contributed by atoms with Gasteiger partial charge in [0.2, 0.25) is 17.7 Å². The summed E-state index contributed by atoms with van der Waals surface area (Å²) >= 11 is 0. The highest BCUT2D eigenvalue weighted by atomic mass is 16.3. The number of hydrogen-bond donors (Lipinski definition) is 4. The Morgan fingerprint density at radius 3 is 2.09 bits per heavy atom. The molecule has 0 aliphatic heterocycles. The lowest BCUT2D eigenvalue weighted by atomic mass is 9.94. The highest BCUT2D eigenvalue weighted by molar-refractivity contribution is 5.93. The minimum atomic E-state index is -0.980. The van der Waals surface area contributed by atoms with E-state index in [0.717, 1.165) is 11.1 Å². The number of nitrogens with zero attached hydrogens (tertiary/aromatic N) is 1. The first-order valence-corrected chi connectivity index (χ1v) is 12.0. The number of primary amides is 1. The van der Waals surface area contributed by atoms with Crippen molar-refractivity contribution in [1.29, 1.82) is 0 Å². The molecule has 0 aromatic heterocycles. The summed E-state index contributed by atoms with van der Waals surface area (Å²) in [6.07, 6.45) is 0.798. The molecule has 0 saturated heterocycles. The molecule has 0 unspecified atom stereocenters. The minimum absolute atomic E-state index is 0.0961. The molecule has 2 aromatic rings. The maximum Gasteiger partial charge on any atom is 0.246 e. The van der Waals surface area contributed by atoms with Crippen LogP contribution < -0.4 is 16.8 Å². The van der Waals surface area contributed by atoms with E-state index in [9.17, 15) is 19.5 Å². The second-order valence-corrected chi connectivity index (χ2v) is 9.39. The summed E-state index contributed by atoms with van der Waals surface area (Å²) in [5.41, 5.74) is 13.4. The molecule has 0 radical (unpaired) electrons. The smallest absolute Gasteiger partial charge is 0.246 e. The maximum atomic E-state index is 14.0. The number of phenolic OH excluding ortho intramolecular Hbond substituents is 1. The van der Waals surface area contributed by atoms with Crippen molar-refractivity contribution in [2.45, 2.75) is 65.2 Å². The first-order chi connectivity index (χ1) is 16.5. The van der Waals surface area contributed by atoms with E-state index in [-0.39, 0.29) is 30.6 Å². The van der Waals surface area contributed by atoms with Gasteiger partial charge in [0.15, 0.2) is 0 Å². The Kier molecular flexibility index (Phi) is 10.3. The molecule has 0 fully saturated rings. The molecule has 8 heteroatoms. The number of rotatable bonds is 12. The molecule has 2 aromatic carbocycles. The van der Waals surface area contributed by atoms with Gasteiger partial charge in [-0.3, -0.25) is 14.4 Å². The number of carbonyl (C=O) groups is 3. The fourth-order valence-electron chi connectivity index (χ4n) is 3.90. The van der Waals surface area contributed by atoms with Gasteiger partial charge in [0, 0.05) is 13.0 Å². The molecule has 0 aliphatic carbocycles. The van der Waals surface area contributed by atoms with Crippen LogP contribution in [-0.2, 0) is 27.3 Å². The predicted molar refractivity (Wildman–Crippen MR) is 136 cm³/mol. The first-order valence-electron chi connectivity index (χ1n) is 12.0. The number of hydrogen-bond acceptors (Lipinski definition) is 5. The third kappa shape index (κ3) is 7.82. The molecule has 0 heterocycles. The van der Waals surface area contributed by atoms with E-state index in [2.05, 4.69) is 5.32 Å². The second kappa shape index (κ2) is 12.9. The fraction of sp³-hybridized carbons (Fsp3) is 0.444. The summed E-state index contributed by atoms with van der Waals surface area (Å²) in [7, 11) is 0. The van der Waals surface area contributed by atoms with Crippen molar-refractivity contribution in [2.75, 3.05) is 0 Å². The molecule has 35 heavy (non-hydrogen) atoms. The maximum absolute atomic E-state index is 14.0. The Morgan fingerprint density at radius 2 is 1.57 bits per heavy atom. The lowest BCUT2D eigenvalue weighted by Gasteiger charge is -2.36. The summed E-state index contributed by atoms with van der Waals surface area (Å²) in [4.78, 5) is 40.9. The molecule has 0 aliphatic rings. The number of phenols is 1. The summed E-state index contributed by atoms with van der Waals surface area (Å²) in [6, 6.07) is 13.1. The van der Waals surface area contributed by atoms with Gasteiger partial charge in [0.05, 0.1) is 6.04 Å². The highest BCUT2D eigenvalue weighted by Gasteiger charge is 2.37. The molecular formula is C27H38N4O4. The third-order valence-electron chi connectivity index (χ3n) is 6.30. The van der Waals surface area contributed by atoms with Crippen molar-refractivity contribution in [2.24, 2.45) is 23.3 Å².